The molecule has 0 aliphatic carbocycles. The Morgan fingerprint density at radius 3 is 1.67 bits per heavy atom. The predicted molar refractivity (Wildman–Crippen MR) is 92.1 cm³/mol. The highest BCUT2D eigenvalue weighted by Gasteiger charge is 2.08. The van der Waals surface area contributed by atoms with Crippen LogP contribution >= 0.6 is 15.9 Å². The van der Waals surface area contributed by atoms with Crippen LogP contribution in [0, 0.1) is 0 Å². The molecule has 3 aromatic rings. The number of halogens is 1. The molecule has 1 atom stereocenters. The van der Waals surface area contributed by atoms with Gasteiger partial charge in [-0.3, -0.25) is 0 Å². The maximum Gasteiger partial charge on any atom is 0.0551 e. The number of benzene rings is 3. The van der Waals surface area contributed by atoms with Gasteiger partial charge in [0.05, 0.1) is 6.04 Å². The van der Waals surface area contributed by atoms with Crippen molar-refractivity contribution in [3.63, 3.8) is 0 Å². The van der Waals surface area contributed by atoms with E-state index in [0.717, 1.165) is 15.6 Å². The topological polar surface area (TPSA) is 26.0 Å². The van der Waals surface area contributed by atoms with Crippen molar-refractivity contribution in [2.45, 2.75) is 6.04 Å². The largest absolute Gasteiger partial charge is 0.320 e. The molecule has 3 rings (SSSR count). The molecule has 0 aromatic heterocycles. The van der Waals surface area contributed by atoms with Crippen LogP contribution in [0.1, 0.15) is 17.2 Å². The van der Waals surface area contributed by atoms with Gasteiger partial charge in [-0.1, -0.05) is 82.7 Å². The zero-order chi connectivity index (χ0) is 14.7. The molecule has 0 radical (unpaired) electrons. The Bertz CT molecular complexity index is 703. The van der Waals surface area contributed by atoms with Crippen molar-refractivity contribution < 1.29 is 0 Å². The molecular formula is C19H16BrN. The highest BCUT2D eigenvalue weighted by Crippen LogP contribution is 2.25. The van der Waals surface area contributed by atoms with Crippen molar-refractivity contribution in [2.75, 3.05) is 0 Å². The standard InChI is InChI=1S/C19H16BrN/c20-18-12-10-17(11-13-18)19(21)16-8-6-15(7-9-16)14-4-2-1-3-5-14/h1-13,19H,21H2. The second-order valence-corrected chi connectivity index (χ2v) is 5.93. The Hall–Kier alpha value is -1.90. The molecule has 0 spiro atoms. The Morgan fingerprint density at radius 1 is 0.619 bits per heavy atom. The maximum atomic E-state index is 6.34. The molecule has 2 heteroatoms. The lowest BCUT2D eigenvalue weighted by Gasteiger charge is -2.13. The molecule has 21 heavy (non-hydrogen) atoms. The summed E-state index contributed by atoms with van der Waals surface area (Å²) in [7, 11) is 0. The summed E-state index contributed by atoms with van der Waals surface area (Å²) in [6.45, 7) is 0. The summed E-state index contributed by atoms with van der Waals surface area (Å²) >= 11 is 3.45. The minimum atomic E-state index is -0.0945. The van der Waals surface area contributed by atoms with E-state index in [-0.39, 0.29) is 6.04 Å². The SMILES string of the molecule is NC(c1ccc(Br)cc1)c1ccc(-c2ccccc2)cc1. The van der Waals surface area contributed by atoms with Crippen molar-refractivity contribution in [3.05, 3.63) is 94.5 Å². The van der Waals surface area contributed by atoms with Gasteiger partial charge in [-0.25, -0.2) is 0 Å². The monoisotopic (exact) mass is 337 g/mol. The molecule has 3 aromatic carbocycles. The summed E-state index contributed by atoms with van der Waals surface area (Å²) in [5.74, 6) is 0. The fourth-order valence-corrected chi connectivity index (χ4v) is 2.64. The number of nitrogens with two attached hydrogens (primary N) is 1. The Balaban J connectivity index is 1.85. The van der Waals surface area contributed by atoms with Gasteiger partial charge in [0.25, 0.3) is 0 Å². The van der Waals surface area contributed by atoms with E-state index in [2.05, 4.69) is 76.6 Å². The normalized spacial score (nSPS) is 12.1. The first-order valence-corrected chi connectivity index (χ1v) is 7.70. The predicted octanol–water partition coefficient (Wildman–Crippen LogP) is 5.16. The summed E-state index contributed by atoms with van der Waals surface area (Å²) < 4.78 is 1.07. The van der Waals surface area contributed by atoms with Crippen molar-refractivity contribution >= 4 is 15.9 Å². The third kappa shape index (κ3) is 3.23. The Labute approximate surface area is 133 Å². The van der Waals surface area contributed by atoms with Crippen LogP contribution < -0.4 is 5.73 Å². The molecular weight excluding hydrogens is 322 g/mol. The first kappa shape index (κ1) is 14.1. The van der Waals surface area contributed by atoms with Crippen molar-refractivity contribution in [2.24, 2.45) is 5.73 Å². The number of hydrogen-bond acceptors (Lipinski definition) is 1. The smallest absolute Gasteiger partial charge is 0.0551 e. The second kappa shape index (κ2) is 6.25. The lowest BCUT2D eigenvalue weighted by molar-refractivity contribution is 0.871. The van der Waals surface area contributed by atoms with Gasteiger partial charge in [0, 0.05) is 4.47 Å². The van der Waals surface area contributed by atoms with Crippen molar-refractivity contribution in [1.29, 1.82) is 0 Å². The van der Waals surface area contributed by atoms with Crippen molar-refractivity contribution in [3.8, 4) is 11.1 Å². The van der Waals surface area contributed by atoms with Gasteiger partial charge in [-0.15, -0.1) is 0 Å². The van der Waals surface area contributed by atoms with Crippen LogP contribution in [-0.2, 0) is 0 Å². The number of hydrogen-bond donors (Lipinski definition) is 1. The van der Waals surface area contributed by atoms with Gasteiger partial charge in [0.1, 0.15) is 0 Å². The molecule has 1 unspecified atom stereocenters. The first-order chi connectivity index (χ1) is 10.2. The Kier molecular flexibility index (Phi) is 4.18. The third-order valence-electron chi connectivity index (χ3n) is 3.61. The first-order valence-electron chi connectivity index (χ1n) is 6.90. The molecule has 0 aliphatic rings. The van der Waals surface area contributed by atoms with Crippen LogP contribution in [0.5, 0.6) is 0 Å². The lowest BCUT2D eigenvalue weighted by atomic mass is 9.97. The molecule has 0 heterocycles. The van der Waals surface area contributed by atoms with Gasteiger partial charge in [-0.2, -0.15) is 0 Å². The zero-order valence-electron chi connectivity index (χ0n) is 11.5. The molecule has 0 amide bonds. The molecule has 1 nitrogen and oxygen atoms in total. The van der Waals surface area contributed by atoms with Gasteiger partial charge < -0.3 is 5.73 Å². The van der Waals surface area contributed by atoms with Gasteiger partial charge in [0.15, 0.2) is 0 Å². The fourth-order valence-electron chi connectivity index (χ4n) is 2.38. The van der Waals surface area contributed by atoms with Crippen LogP contribution in [0.3, 0.4) is 0 Å². The van der Waals surface area contributed by atoms with E-state index in [1.54, 1.807) is 0 Å². The summed E-state index contributed by atoms with van der Waals surface area (Å²) in [5, 5.41) is 0. The van der Waals surface area contributed by atoms with Crippen LogP contribution in [0.4, 0.5) is 0 Å². The maximum absolute atomic E-state index is 6.34. The van der Waals surface area contributed by atoms with Crippen LogP contribution in [0.15, 0.2) is 83.3 Å². The van der Waals surface area contributed by atoms with Gasteiger partial charge in [0.2, 0.25) is 0 Å². The third-order valence-corrected chi connectivity index (χ3v) is 4.13. The average Bonchev–Trinajstić information content (AvgIpc) is 2.56. The van der Waals surface area contributed by atoms with E-state index in [9.17, 15) is 0 Å². The quantitative estimate of drug-likeness (QED) is 0.701. The number of rotatable bonds is 3. The average molecular weight is 338 g/mol. The Morgan fingerprint density at radius 2 is 1.10 bits per heavy atom. The fraction of sp³-hybridized carbons (Fsp3) is 0.0526. The minimum Gasteiger partial charge on any atom is -0.320 e. The molecule has 0 saturated heterocycles. The molecule has 0 bridgehead atoms. The van der Waals surface area contributed by atoms with E-state index < -0.39 is 0 Å². The second-order valence-electron chi connectivity index (χ2n) is 5.02. The summed E-state index contributed by atoms with van der Waals surface area (Å²) in [6.07, 6.45) is 0. The summed E-state index contributed by atoms with van der Waals surface area (Å²) in [6, 6.07) is 26.9. The minimum absolute atomic E-state index is 0.0945. The van der Waals surface area contributed by atoms with Gasteiger partial charge >= 0.3 is 0 Å². The molecule has 0 fully saturated rings. The van der Waals surface area contributed by atoms with Crippen molar-refractivity contribution in [1.82, 2.24) is 0 Å². The van der Waals surface area contributed by atoms with E-state index in [0.29, 0.717) is 0 Å². The highest BCUT2D eigenvalue weighted by atomic mass is 79.9. The lowest BCUT2D eigenvalue weighted by Crippen LogP contribution is -2.11. The van der Waals surface area contributed by atoms with Gasteiger partial charge in [-0.05, 0) is 34.4 Å². The zero-order valence-corrected chi connectivity index (χ0v) is 13.1. The van der Waals surface area contributed by atoms with E-state index in [4.69, 9.17) is 5.73 Å². The van der Waals surface area contributed by atoms with Crippen LogP contribution in [0.25, 0.3) is 11.1 Å². The highest BCUT2D eigenvalue weighted by molar-refractivity contribution is 9.10. The van der Waals surface area contributed by atoms with Crippen LogP contribution in [0.2, 0.25) is 0 Å². The molecule has 0 aliphatic heterocycles. The molecule has 104 valence electrons. The van der Waals surface area contributed by atoms with E-state index in [1.807, 2.05) is 18.2 Å². The van der Waals surface area contributed by atoms with Crippen LogP contribution in [-0.4, -0.2) is 0 Å². The van der Waals surface area contributed by atoms with E-state index >= 15 is 0 Å². The molecule has 0 saturated carbocycles. The molecule has 2 N–H and O–H groups in total. The summed E-state index contributed by atoms with van der Waals surface area (Å²) in [4.78, 5) is 0. The van der Waals surface area contributed by atoms with E-state index in [1.165, 1.54) is 11.1 Å². The summed E-state index contributed by atoms with van der Waals surface area (Å²) in [5.41, 5.74) is 11.0.